The first kappa shape index (κ1) is 24.5. The number of hydrogen-bond donors (Lipinski definition) is 0. The Morgan fingerprint density at radius 1 is 0.600 bits per heavy atom. The van der Waals surface area contributed by atoms with Gasteiger partial charge in [0.15, 0.2) is 0 Å². The van der Waals surface area contributed by atoms with Gasteiger partial charge in [-0.05, 0) is 12.8 Å². The van der Waals surface area contributed by atoms with Crippen LogP contribution < -0.4 is 0 Å². The van der Waals surface area contributed by atoms with E-state index < -0.39 is 0 Å². The normalized spacial score (nSPS) is 12.3. The lowest BCUT2D eigenvalue weighted by Crippen LogP contribution is -2.16. The second-order valence-corrected chi connectivity index (χ2v) is 7.75. The van der Waals surface area contributed by atoms with Gasteiger partial charge in [-0.25, -0.2) is 0 Å². The molecule has 0 saturated carbocycles. The van der Waals surface area contributed by atoms with Crippen LogP contribution in [0.15, 0.2) is 0 Å². The van der Waals surface area contributed by atoms with Crippen molar-refractivity contribution in [1.29, 1.82) is 0 Å². The van der Waals surface area contributed by atoms with Gasteiger partial charge in [0.05, 0.1) is 13.0 Å². The van der Waals surface area contributed by atoms with Gasteiger partial charge < -0.3 is 4.74 Å². The average molecular weight is 355 g/mol. The predicted molar refractivity (Wildman–Crippen MR) is 110 cm³/mol. The molecule has 2 nitrogen and oxygen atoms in total. The molecule has 0 aliphatic carbocycles. The fraction of sp³-hybridized carbons (Fsp3) is 0.957. The molecule has 1 unspecified atom stereocenters. The number of rotatable bonds is 19. The molecule has 0 saturated heterocycles. The van der Waals surface area contributed by atoms with Gasteiger partial charge in [0.25, 0.3) is 0 Å². The molecule has 150 valence electrons. The summed E-state index contributed by atoms with van der Waals surface area (Å²) in [5.74, 6) is 0.163. The second-order valence-electron chi connectivity index (χ2n) is 7.75. The van der Waals surface area contributed by atoms with Crippen molar-refractivity contribution in [2.45, 2.75) is 129 Å². The number of esters is 1. The van der Waals surface area contributed by atoms with Crippen molar-refractivity contribution >= 4 is 5.97 Å². The summed E-state index contributed by atoms with van der Waals surface area (Å²) in [5.41, 5.74) is 0. The summed E-state index contributed by atoms with van der Waals surface area (Å²) < 4.78 is 5.02. The van der Waals surface area contributed by atoms with Crippen molar-refractivity contribution in [2.24, 2.45) is 5.92 Å². The third-order valence-electron chi connectivity index (χ3n) is 5.35. The minimum Gasteiger partial charge on any atom is -0.469 e. The van der Waals surface area contributed by atoms with E-state index in [0.29, 0.717) is 0 Å². The fourth-order valence-electron chi connectivity index (χ4n) is 3.60. The van der Waals surface area contributed by atoms with E-state index in [2.05, 4.69) is 13.8 Å². The lowest BCUT2D eigenvalue weighted by atomic mass is 9.94. The van der Waals surface area contributed by atoms with E-state index in [1.54, 1.807) is 0 Å². The van der Waals surface area contributed by atoms with Crippen molar-refractivity contribution in [3.8, 4) is 0 Å². The first-order valence-electron chi connectivity index (χ1n) is 11.3. The second kappa shape index (κ2) is 19.8. The average Bonchev–Trinajstić information content (AvgIpc) is 2.63. The summed E-state index contributed by atoms with van der Waals surface area (Å²) in [7, 11) is 1.54. The van der Waals surface area contributed by atoms with Gasteiger partial charge in [-0.2, -0.15) is 0 Å². The lowest BCUT2D eigenvalue weighted by molar-refractivity contribution is -0.146. The molecule has 0 aromatic heterocycles. The summed E-state index contributed by atoms with van der Waals surface area (Å²) >= 11 is 0. The molecule has 0 aliphatic rings. The molecule has 0 fully saturated rings. The van der Waals surface area contributed by atoms with Gasteiger partial charge in [-0.1, -0.05) is 117 Å². The van der Waals surface area contributed by atoms with Crippen LogP contribution in [0.25, 0.3) is 0 Å². The van der Waals surface area contributed by atoms with Crippen LogP contribution in [0.2, 0.25) is 0 Å². The molecular formula is C23H46O2. The van der Waals surface area contributed by atoms with Gasteiger partial charge in [-0.3, -0.25) is 4.79 Å². The van der Waals surface area contributed by atoms with Crippen LogP contribution in [0.4, 0.5) is 0 Å². The van der Waals surface area contributed by atoms with Crippen molar-refractivity contribution < 1.29 is 9.53 Å². The number of unbranched alkanes of at least 4 members (excludes halogenated alkanes) is 14. The maximum absolute atomic E-state index is 12.0. The molecule has 0 rings (SSSR count). The fourth-order valence-corrected chi connectivity index (χ4v) is 3.60. The predicted octanol–water partition coefficient (Wildman–Crippen LogP) is 7.84. The Balaban J connectivity index is 3.63. The SMILES string of the molecule is CCCCCCCCCCCC(CCCCCCCCC)C(=O)OC. The lowest BCUT2D eigenvalue weighted by Gasteiger charge is -2.14. The Bertz CT molecular complexity index is 275. The molecule has 0 N–H and O–H groups in total. The molecule has 2 heteroatoms. The summed E-state index contributed by atoms with van der Waals surface area (Å²) in [5, 5.41) is 0. The summed E-state index contributed by atoms with van der Waals surface area (Å²) in [4.78, 5) is 12.0. The third-order valence-corrected chi connectivity index (χ3v) is 5.35. The number of methoxy groups -OCH3 is 1. The van der Waals surface area contributed by atoms with Crippen molar-refractivity contribution in [3.63, 3.8) is 0 Å². The number of ether oxygens (including phenoxy) is 1. The van der Waals surface area contributed by atoms with Crippen molar-refractivity contribution in [2.75, 3.05) is 7.11 Å². The molecule has 0 aromatic rings. The zero-order valence-corrected chi connectivity index (χ0v) is 17.6. The Morgan fingerprint density at radius 3 is 1.24 bits per heavy atom. The minimum absolute atomic E-state index is 0.0190. The van der Waals surface area contributed by atoms with E-state index in [9.17, 15) is 4.79 Å². The van der Waals surface area contributed by atoms with Crippen LogP contribution >= 0.6 is 0 Å². The molecule has 0 heterocycles. The quantitative estimate of drug-likeness (QED) is 0.174. The van der Waals surface area contributed by atoms with Gasteiger partial charge >= 0.3 is 5.97 Å². The summed E-state index contributed by atoms with van der Waals surface area (Å²) in [6.45, 7) is 4.53. The highest BCUT2D eigenvalue weighted by atomic mass is 16.5. The molecule has 0 radical (unpaired) electrons. The van der Waals surface area contributed by atoms with E-state index in [4.69, 9.17) is 4.74 Å². The first-order valence-corrected chi connectivity index (χ1v) is 11.3. The molecule has 0 aliphatic heterocycles. The van der Waals surface area contributed by atoms with Gasteiger partial charge in [-0.15, -0.1) is 0 Å². The van der Waals surface area contributed by atoms with Gasteiger partial charge in [0, 0.05) is 0 Å². The van der Waals surface area contributed by atoms with Gasteiger partial charge in [0.2, 0.25) is 0 Å². The number of carbonyl (C=O) groups excluding carboxylic acids is 1. The third kappa shape index (κ3) is 16.7. The van der Waals surface area contributed by atoms with Crippen LogP contribution in [0, 0.1) is 5.92 Å². The van der Waals surface area contributed by atoms with E-state index in [1.807, 2.05) is 0 Å². The molecule has 0 aromatic carbocycles. The summed E-state index contributed by atoms with van der Waals surface area (Å²) in [6, 6.07) is 0. The Labute approximate surface area is 158 Å². The number of carbonyl (C=O) groups is 1. The molecule has 25 heavy (non-hydrogen) atoms. The van der Waals surface area contributed by atoms with Crippen LogP contribution in [-0.4, -0.2) is 13.1 Å². The topological polar surface area (TPSA) is 26.3 Å². The molecule has 0 amide bonds. The van der Waals surface area contributed by atoms with Crippen LogP contribution in [-0.2, 0) is 9.53 Å². The highest BCUT2D eigenvalue weighted by Gasteiger charge is 2.17. The minimum atomic E-state index is 0.0190. The summed E-state index contributed by atoms with van der Waals surface area (Å²) in [6.07, 6.45) is 23.3. The Morgan fingerprint density at radius 2 is 0.920 bits per heavy atom. The zero-order valence-electron chi connectivity index (χ0n) is 17.6. The van der Waals surface area contributed by atoms with Crippen LogP contribution in [0.3, 0.4) is 0 Å². The van der Waals surface area contributed by atoms with E-state index in [0.717, 1.165) is 12.8 Å². The highest BCUT2D eigenvalue weighted by Crippen LogP contribution is 2.20. The monoisotopic (exact) mass is 354 g/mol. The maximum atomic E-state index is 12.0. The van der Waals surface area contributed by atoms with E-state index in [-0.39, 0.29) is 11.9 Å². The molecule has 0 spiro atoms. The van der Waals surface area contributed by atoms with Crippen LogP contribution in [0.1, 0.15) is 129 Å². The largest absolute Gasteiger partial charge is 0.469 e. The zero-order chi connectivity index (χ0) is 18.6. The molecular weight excluding hydrogens is 308 g/mol. The molecule has 0 bridgehead atoms. The Hall–Kier alpha value is -0.530. The number of hydrogen-bond acceptors (Lipinski definition) is 2. The van der Waals surface area contributed by atoms with E-state index >= 15 is 0 Å². The maximum Gasteiger partial charge on any atom is 0.308 e. The first-order chi connectivity index (χ1) is 12.3. The smallest absolute Gasteiger partial charge is 0.308 e. The Kier molecular flexibility index (Phi) is 19.4. The van der Waals surface area contributed by atoms with Gasteiger partial charge in [0.1, 0.15) is 0 Å². The van der Waals surface area contributed by atoms with Crippen LogP contribution in [0.5, 0.6) is 0 Å². The highest BCUT2D eigenvalue weighted by molar-refractivity contribution is 5.72. The molecule has 1 atom stereocenters. The van der Waals surface area contributed by atoms with Crippen molar-refractivity contribution in [1.82, 2.24) is 0 Å². The van der Waals surface area contributed by atoms with Crippen molar-refractivity contribution in [3.05, 3.63) is 0 Å². The van der Waals surface area contributed by atoms with E-state index in [1.165, 1.54) is 110 Å². The standard InChI is InChI=1S/C23H46O2/c1-4-6-8-10-12-13-15-17-19-21-22(23(24)25-3)20-18-16-14-11-9-7-5-2/h22H,4-21H2,1-3H3.